The second-order valence-corrected chi connectivity index (χ2v) is 5.13. The highest BCUT2D eigenvalue weighted by Gasteiger charge is 2.14. The molecular weight excluding hydrogens is 218 g/mol. The predicted octanol–water partition coefficient (Wildman–Crippen LogP) is 3.97. The van der Waals surface area contributed by atoms with Crippen LogP contribution in [-0.4, -0.2) is 0 Å². The Bertz CT molecular complexity index is 570. The molecule has 1 unspecified atom stereocenters. The zero-order valence-electron chi connectivity index (χ0n) is 11.6. The van der Waals surface area contributed by atoms with Crippen LogP contribution in [0.4, 0.5) is 0 Å². The number of aryl methyl sites for hydroxylation is 3. The molecule has 2 aromatic rings. The van der Waals surface area contributed by atoms with E-state index in [4.69, 9.17) is 5.73 Å². The van der Waals surface area contributed by atoms with E-state index in [0.29, 0.717) is 0 Å². The van der Waals surface area contributed by atoms with Gasteiger partial charge in [-0.15, -0.1) is 0 Å². The van der Waals surface area contributed by atoms with Gasteiger partial charge in [-0.2, -0.15) is 0 Å². The van der Waals surface area contributed by atoms with E-state index in [-0.39, 0.29) is 6.04 Å². The summed E-state index contributed by atoms with van der Waals surface area (Å²) in [6.07, 6.45) is 0. The number of nitrogens with two attached hydrogens (primary N) is 1. The molecule has 1 heteroatoms. The van der Waals surface area contributed by atoms with E-state index < -0.39 is 0 Å². The lowest BCUT2D eigenvalue weighted by atomic mass is 9.90. The van der Waals surface area contributed by atoms with Gasteiger partial charge in [-0.3, -0.25) is 0 Å². The summed E-state index contributed by atoms with van der Waals surface area (Å²) in [5.74, 6) is 0. The van der Waals surface area contributed by atoms with Crippen LogP contribution >= 0.6 is 0 Å². The average Bonchev–Trinajstić information content (AvgIpc) is 2.32. The SMILES string of the molecule is Cc1ccc(C(N)c2cccc(C)c2C)c(C)c1. The van der Waals surface area contributed by atoms with Gasteiger partial charge >= 0.3 is 0 Å². The van der Waals surface area contributed by atoms with Crippen molar-refractivity contribution in [1.29, 1.82) is 0 Å². The van der Waals surface area contributed by atoms with E-state index in [9.17, 15) is 0 Å². The van der Waals surface area contributed by atoms with Gasteiger partial charge in [0.15, 0.2) is 0 Å². The first-order valence-corrected chi connectivity index (χ1v) is 6.39. The summed E-state index contributed by atoms with van der Waals surface area (Å²) in [5, 5.41) is 0. The van der Waals surface area contributed by atoms with Crippen LogP contribution in [0.5, 0.6) is 0 Å². The summed E-state index contributed by atoms with van der Waals surface area (Å²) in [6, 6.07) is 12.8. The third-order valence-electron chi connectivity index (χ3n) is 3.74. The normalized spacial score (nSPS) is 12.5. The predicted molar refractivity (Wildman–Crippen MR) is 77.9 cm³/mol. The van der Waals surface area contributed by atoms with Crippen LogP contribution in [0, 0.1) is 27.7 Å². The Morgan fingerprint density at radius 2 is 1.56 bits per heavy atom. The molecule has 1 nitrogen and oxygen atoms in total. The second kappa shape index (κ2) is 4.95. The Kier molecular flexibility index (Phi) is 3.53. The molecule has 2 aromatic carbocycles. The molecule has 0 spiro atoms. The van der Waals surface area contributed by atoms with Crippen LogP contribution in [-0.2, 0) is 0 Å². The third-order valence-corrected chi connectivity index (χ3v) is 3.74. The quantitative estimate of drug-likeness (QED) is 0.843. The summed E-state index contributed by atoms with van der Waals surface area (Å²) in [7, 11) is 0. The molecule has 1 atom stereocenters. The molecule has 0 aliphatic carbocycles. The van der Waals surface area contributed by atoms with Gasteiger partial charge in [-0.05, 0) is 55.5 Å². The molecule has 2 rings (SSSR count). The molecular formula is C17H21N. The fraction of sp³-hybridized carbons (Fsp3) is 0.294. The fourth-order valence-electron chi connectivity index (χ4n) is 2.45. The number of hydrogen-bond acceptors (Lipinski definition) is 1. The van der Waals surface area contributed by atoms with Crippen LogP contribution in [0.25, 0.3) is 0 Å². The zero-order chi connectivity index (χ0) is 13.3. The van der Waals surface area contributed by atoms with Gasteiger partial charge in [0.25, 0.3) is 0 Å². The van der Waals surface area contributed by atoms with E-state index >= 15 is 0 Å². The third kappa shape index (κ3) is 2.32. The molecule has 0 heterocycles. The maximum Gasteiger partial charge on any atom is 0.0556 e. The van der Waals surface area contributed by atoms with E-state index in [1.165, 1.54) is 33.4 Å². The Morgan fingerprint density at radius 3 is 2.22 bits per heavy atom. The van der Waals surface area contributed by atoms with Gasteiger partial charge in [0, 0.05) is 0 Å². The highest BCUT2D eigenvalue weighted by molar-refractivity contribution is 5.43. The number of rotatable bonds is 2. The van der Waals surface area contributed by atoms with Crippen molar-refractivity contribution in [2.45, 2.75) is 33.7 Å². The van der Waals surface area contributed by atoms with Crippen LogP contribution < -0.4 is 5.73 Å². The van der Waals surface area contributed by atoms with Crippen molar-refractivity contribution < 1.29 is 0 Å². The molecule has 0 saturated heterocycles. The van der Waals surface area contributed by atoms with E-state index in [1.807, 2.05) is 0 Å². The number of benzene rings is 2. The molecule has 2 N–H and O–H groups in total. The minimum Gasteiger partial charge on any atom is -0.320 e. The first-order chi connectivity index (χ1) is 8.50. The van der Waals surface area contributed by atoms with E-state index in [2.05, 4.69) is 64.1 Å². The molecule has 94 valence electrons. The molecule has 0 aliphatic rings. The minimum atomic E-state index is -0.0366. The van der Waals surface area contributed by atoms with Gasteiger partial charge in [0.1, 0.15) is 0 Å². The minimum absolute atomic E-state index is 0.0366. The maximum atomic E-state index is 6.44. The van der Waals surface area contributed by atoms with Crippen molar-refractivity contribution in [1.82, 2.24) is 0 Å². The van der Waals surface area contributed by atoms with Crippen molar-refractivity contribution in [3.05, 3.63) is 69.8 Å². The van der Waals surface area contributed by atoms with E-state index in [0.717, 1.165) is 0 Å². The summed E-state index contributed by atoms with van der Waals surface area (Å²) in [5.41, 5.74) is 14.0. The Morgan fingerprint density at radius 1 is 0.833 bits per heavy atom. The molecule has 0 aromatic heterocycles. The molecule has 0 amide bonds. The standard InChI is InChI=1S/C17H21N/c1-11-8-9-15(13(3)10-11)17(18)16-7-5-6-12(2)14(16)4/h5-10,17H,18H2,1-4H3. The Hall–Kier alpha value is -1.60. The Balaban J connectivity index is 2.48. The fourth-order valence-corrected chi connectivity index (χ4v) is 2.45. The van der Waals surface area contributed by atoms with Gasteiger partial charge in [0.2, 0.25) is 0 Å². The van der Waals surface area contributed by atoms with Crippen LogP contribution in [0.1, 0.15) is 39.4 Å². The van der Waals surface area contributed by atoms with Crippen molar-refractivity contribution in [2.24, 2.45) is 5.73 Å². The first kappa shape index (κ1) is 12.8. The van der Waals surface area contributed by atoms with E-state index in [1.54, 1.807) is 0 Å². The largest absolute Gasteiger partial charge is 0.320 e. The molecule has 18 heavy (non-hydrogen) atoms. The first-order valence-electron chi connectivity index (χ1n) is 6.39. The molecule has 0 radical (unpaired) electrons. The molecule has 0 bridgehead atoms. The molecule has 0 fully saturated rings. The lowest BCUT2D eigenvalue weighted by molar-refractivity contribution is 0.849. The van der Waals surface area contributed by atoms with Crippen molar-refractivity contribution in [3.63, 3.8) is 0 Å². The van der Waals surface area contributed by atoms with Crippen molar-refractivity contribution in [3.8, 4) is 0 Å². The lowest BCUT2D eigenvalue weighted by Gasteiger charge is -2.19. The summed E-state index contributed by atoms with van der Waals surface area (Å²) >= 11 is 0. The maximum absolute atomic E-state index is 6.44. The monoisotopic (exact) mass is 239 g/mol. The second-order valence-electron chi connectivity index (χ2n) is 5.13. The zero-order valence-corrected chi connectivity index (χ0v) is 11.6. The number of hydrogen-bond donors (Lipinski definition) is 1. The highest BCUT2D eigenvalue weighted by atomic mass is 14.6. The van der Waals surface area contributed by atoms with Gasteiger partial charge in [0.05, 0.1) is 6.04 Å². The lowest BCUT2D eigenvalue weighted by Crippen LogP contribution is -2.15. The van der Waals surface area contributed by atoms with Gasteiger partial charge < -0.3 is 5.73 Å². The average molecular weight is 239 g/mol. The highest BCUT2D eigenvalue weighted by Crippen LogP contribution is 2.27. The summed E-state index contributed by atoms with van der Waals surface area (Å²) in [6.45, 7) is 8.52. The topological polar surface area (TPSA) is 26.0 Å². The smallest absolute Gasteiger partial charge is 0.0556 e. The summed E-state index contributed by atoms with van der Waals surface area (Å²) < 4.78 is 0. The molecule has 0 saturated carbocycles. The van der Waals surface area contributed by atoms with Crippen LogP contribution in [0.2, 0.25) is 0 Å². The van der Waals surface area contributed by atoms with Crippen molar-refractivity contribution in [2.75, 3.05) is 0 Å². The van der Waals surface area contributed by atoms with Crippen molar-refractivity contribution >= 4 is 0 Å². The van der Waals surface area contributed by atoms with Gasteiger partial charge in [-0.1, -0.05) is 42.0 Å². The summed E-state index contributed by atoms with van der Waals surface area (Å²) in [4.78, 5) is 0. The molecule has 0 aliphatic heterocycles. The van der Waals surface area contributed by atoms with Crippen LogP contribution in [0.15, 0.2) is 36.4 Å². The van der Waals surface area contributed by atoms with Crippen LogP contribution in [0.3, 0.4) is 0 Å². The van der Waals surface area contributed by atoms with Gasteiger partial charge in [-0.25, -0.2) is 0 Å². The Labute approximate surface area is 110 Å².